The van der Waals surface area contributed by atoms with Gasteiger partial charge in [0.2, 0.25) is 82.7 Å². The number of aromatic hydroxyl groups is 1. The summed E-state index contributed by atoms with van der Waals surface area (Å²) in [6.07, 6.45) is -1.33. The lowest BCUT2D eigenvalue weighted by molar-refractivity contribution is -0.192. The lowest BCUT2D eigenvalue weighted by Crippen LogP contribution is -2.61. The number of likely N-dealkylation sites (tertiary alicyclic amines) is 1. The Bertz CT molecular complexity index is 4480. The second-order valence-electron chi connectivity index (χ2n) is 29.8. The number of rotatable bonds is 50. The number of nitrogens with zero attached hydrogens (tertiary/aromatic N) is 2. The molecule has 1 aliphatic heterocycles. The van der Waals surface area contributed by atoms with Gasteiger partial charge in [0.1, 0.15) is 78.3 Å². The van der Waals surface area contributed by atoms with E-state index in [0.717, 1.165) is 6.92 Å². The van der Waals surface area contributed by atoms with Crippen LogP contribution >= 0.6 is 0 Å². The highest BCUT2D eigenvalue weighted by Crippen LogP contribution is 2.23. The number of guanidine groups is 1. The number of primary amides is 1. The van der Waals surface area contributed by atoms with E-state index in [1.807, 2.05) is 0 Å². The van der Waals surface area contributed by atoms with E-state index in [0.29, 0.717) is 53.3 Å². The number of aromatic amines is 2. The van der Waals surface area contributed by atoms with Crippen LogP contribution in [0.15, 0.2) is 97.6 Å². The average Bonchev–Trinajstić information content (AvgIpc) is 1.79. The molecule has 27 N–H and O–H groups in total. The lowest BCUT2D eigenvalue weighted by Gasteiger charge is -2.30. The summed E-state index contributed by atoms with van der Waals surface area (Å²) in [7, 11) is 0. The number of amides is 14. The number of fused-ring (bicyclic) bond motifs is 1. The molecule has 0 aliphatic carbocycles. The maximum atomic E-state index is 15.2. The Morgan fingerprint density at radius 3 is 1.56 bits per heavy atom. The van der Waals surface area contributed by atoms with Crippen molar-refractivity contribution in [3.8, 4) is 5.75 Å². The van der Waals surface area contributed by atoms with Gasteiger partial charge in [0, 0.05) is 75.4 Å². The molecule has 0 saturated carbocycles. The van der Waals surface area contributed by atoms with E-state index in [4.69, 9.17) is 32.5 Å². The van der Waals surface area contributed by atoms with Crippen molar-refractivity contribution in [2.45, 2.75) is 209 Å². The highest BCUT2D eigenvalue weighted by Gasteiger charge is 2.42. The Hall–Kier alpha value is -13.3. The summed E-state index contributed by atoms with van der Waals surface area (Å²) in [5.74, 6) is -17.8. The molecular weight excluding hydrogens is 1650 g/mol. The van der Waals surface area contributed by atoms with Crippen LogP contribution in [0.25, 0.3) is 10.9 Å². The number of alkyl halides is 3. The number of nitrogens with two attached hydrogens (primary N) is 3. The first-order valence-electron chi connectivity index (χ1n) is 40.3. The van der Waals surface area contributed by atoms with Crippen LogP contribution in [0.3, 0.4) is 0 Å². The van der Waals surface area contributed by atoms with Crippen molar-refractivity contribution >= 4 is 112 Å². The number of hydrogen-bond acceptors (Lipinski definition) is 22. The number of benzene rings is 3. The third-order valence-corrected chi connectivity index (χ3v) is 19.7. The molecule has 1 aliphatic rings. The number of halogens is 3. The van der Waals surface area contributed by atoms with E-state index >= 15 is 14.4 Å². The number of carbonyl (C=O) groups excluding carboxylic acids is 14. The van der Waals surface area contributed by atoms with E-state index in [2.05, 4.69) is 84.1 Å². The topological polar surface area (TPSA) is 680 Å². The number of phenolic OH excluding ortho intramolecular Hbond substituents is 1. The summed E-state index contributed by atoms with van der Waals surface area (Å²) >= 11 is 0. The molecule has 45 heteroatoms. The van der Waals surface area contributed by atoms with Crippen molar-refractivity contribution in [3.63, 3.8) is 0 Å². The van der Waals surface area contributed by atoms with Crippen molar-refractivity contribution in [1.29, 1.82) is 5.41 Å². The molecule has 0 radical (unpaired) electrons. The molecule has 1 fully saturated rings. The van der Waals surface area contributed by atoms with Crippen molar-refractivity contribution in [1.82, 2.24) is 89.0 Å². The van der Waals surface area contributed by atoms with E-state index < -0.39 is 218 Å². The van der Waals surface area contributed by atoms with Gasteiger partial charge in [0.15, 0.2) is 5.96 Å². The summed E-state index contributed by atoms with van der Waals surface area (Å²) in [5.41, 5.74) is 19.2. The molecule has 6 rings (SSSR count). The number of aliphatic hydroxyl groups is 2. The number of nitrogens with one attached hydrogen (secondary N) is 16. The Kier molecular flexibility index (Phi) is 42.2. The minimum Gasteiger partial charge on any atom is -0.508 e. The largest absolute Gasteiger partial charge is 0.508 e. The number of carboxylic acid groups (broad SMARTS) is 2. The van der Waals surface area contributed by atoms with Gasteiger partial charge < -0.3 is 127 Å². The van der Waals surface area contributed by atoms with Crippen molar-refractivity contribution in [2.75, 3.05) is 39.4 Å². The molecule has 1 saturated heterocycles. The Labute approximate surface area is 715 Å². The number of imidazole rings is 1. The van der Waals surface area contributed by atoms with Gasteiger partial charge in [0.25, 0.3) is 0 Å². The van der Waals surface area contributed by atoms with Gasteiger partial charge in [-0.15, -0.1) is 0 Å². The highest BCUT2D eigenvalue weighted by molar-refractivity contribution is 6.00. The second-order valence-corrected chi connectivity index (χ2v) is 29.8. The number of unbranched alkanes of at least 4 members (excludes halogenated alkanes) is 2. The first-order valence-corrected chi connectivity index (χ1v) is 40.3. The van der Waals surface area contributed by atoms with Gasteiger partial charge in [-0.1, -0.05) is 94.3 Å². The van der Waals surface area contributed by atoms with Gasteiger partial charge in [-0.2, -0.15) is 13.2 Å². The zero-order valence-electron chi connectivity index (χ0n) is 69.3. The van der Waals surface area contributed by atoms with Crippen LogP contribution < -0.4 is 86.3 Å². The van der Waals surface area contributed by atoms with E-state index in [1.54, 1.807) is 81.6 Å². The molecule has 0 unspecified atom stereocenters. The maximum Gasteiger partial charge on any atom is 0.490 e. The highest BCUT2D eigenvalue weighted by atomic mass is 19.4. The summed E-state index contributed by atoms with van der Waals surface area (Å²) in [6, 6.07) is 2.98. The zero-order valence-corrected chi connectivity index (χ0v) is 69.3. The average molecular weight is 1760 g/mol. The standard InChI is InChI=1S/C78H111N21O19.C2HF3O2/c1-5-6-19-52(91-75(116)61(41-101)97-72(113)57(34-46-24-26-49(103)27-25-46)94-74(115)60(40-100)88-44(4)102)68(109)92-54(28-29-64(105)106)70(111)96-59(36-48-38-83-42-87-48)73(114)93-56(33-45-16-8-7-9-17-45)71(112)90-53(22-14-31-84-78(81)82)69(110)95-58(35-47-37-85-51-20-11-10-18-50(47)51)67(108)86-39-63(104)89-55(21-12-13-30-79)77(118)99-32-15-23-62(99)76(117)98-65(43(2)3)66(80)107;3-2(4,5)1(6)7/h7-11,16-18,20,24-27,37-38,42-43,52-62,65,85,100-101,103H,5-6,12-15,19,21-23,28-36,39-41,79H2,1-4H3,(H2,80,107)(H,83,87)(H,86,108)(H,88,102)(H,89,104)(H,90,112)(H,91,116)(H,92,109)(H,93,114)(H,94,115)(H,95,110)(H,96,111)(H,97,113)(H,98,117)(H,105,106)(H4,81,82,84);(H,6,7)/t52-,53-,54-,55-,56+,57-,58-,59-,60-,61-,62-,65-;/m0./s1. The summed E-state index contributed by atoms with van der Waals surface area (Å²) in [5, 5.41) is 89.0. The number of aliphatic hydroxyl groups excluding tert-OH is 2. The molecule has 3 heterocycles. The number of hydrogen-bond donors (Lipinski definition) is 24. The van der Waals surface area contributed by atoms with Crippen LogP contribution in [-0.2, 0) is 102 Å². The summed E-state index contributed by atoms with van der Waals surface area (Å²) in [6.45, 7) is 3.96. The number of aliphatic carboxylic acids is 2. The Balaban J connectivity index is 0.00000379. The fraction of sp³-hybridized carbons (Fsp3) is 0.500. The number of phenols is 1. The molecule has 125 heavy (non-hydrogen) atoms. The predicted molar refractivity (Wildman–Crippen MR) is 441 cm³/mol. The molecule has 2 aromatic heterocycles. The van der Waals surface area contributed by atoms with Crippen LogP contribution in [0.5, 0.6) is 5.75 Å². The summed E-state index contributed by atoms with van der Waals surface area (Å²) < 4.78 is 31.7. The SMILES string of the molecule is CCCC[C@H](NC(=O)[C@H](CO)NC(=O)[C@H](Cc1ccc(O)cc1)NC(=O)[C@H](CO)NC(C)=O)C(=O)N[C@@H](CCC(=O)O)C(=O)N[C@@H](Cc1c[nH]cn1)C(=O)N[C@H](Cc1ccccc1)C(=O)N[C@@H](CCCNC(=N)N)C(=O)N[C@@H](Cc1c[nH]c2ccccc12)C(=O)NCC(=O)N[C@@H](CCCCN)C(=O)N1CCC[C@H]1C(=O)N[C@H](C(N)=O)C(C)C.O=C(O)C(F)(F)F. The minimum atomic E-state index is -5.08. The number of H-pyrrole nitrogens is 2. The zero-order chi connectivity index (χ0) is 92.6. The molecule has 3 aromatic carbocycles. The van der Waals surface area contributed by atoms with Crippen molar-refractivity contribution < 1.29 is 115 Å². The second kappa shape index (κ2) is 51.6. The van der Waals surface area contributed by atoms with E-state index in [-0.39, 0.29) is 94.8 Å². The molecular formula is C80H112F3N21O21. The fourth-order valence-electron chi connectivity index (χ4n) is 13.1. The van der Waals surface area contributed by atoms with Gasteiger partial charge in [0.05, 0.1) is 31.8 Å². The molecule has 12 atom stereocenters. The van der Waals surface area contributed by atoms with Crippen LogP contribution in [0, 0.1) is 11.3 Å². The van der Waals surface area contributed by atoms with Gasteiger partial charge >= 0.3 is 18.1 Å². The van der Waals surface area contributed by atoms with Crippen molar-refractivity contribution in [3.05, 3.63) is 120 Å². The molecule has 0 spiro atoms. The first-order chi connectivity index (χ1) is 59.3. The maximum absolute atomic E-state index is 15.2. The third-order valence-electron chi connectivity index (χ3n) is 19.7. The van der Waals surface area contributed by atoms with Gasteiger partial charge in [-0.05, 0) is 105 Å². The number of aromatic nitrogens is 3. The third kappa shape index (κ3) is 34.8. The van der Waals surface area contributed by atoms with Crippen LogP contribution in [0.1, 0.15) is 127 Å². The van der Waals surface area contributed by atoms with Crippen LogP contribution in [0.2, 0.25) is 0 Å². The van der Waals surface area contributed by atoms with Gasteiger partial charge in [-0.25, -0.2) is 9.78 Å². The van der Waals surface area contributed by atoms with E-state index in [1.165, 1.54) is 41.7 Å². The fourth-order valence-corrected chi connectivity index (χ4v) is 13.1. The van der Waals surface area contributed by atoms with E-state index in [9.17, 15) is 91.1 Å². The molecule has 5 aromatic rings. The smallest absolute Gasteiger partial charge is 0.490 e. The minimum absolute atomic E-state index is 0.00439. The van der Waals surface area contributed by atoms with Crippen molar-refractivity contribution in [2.24, 2.45) is 23.1 Å². The normalized spacial score (nSPS) is 15.0. The molecule has 14 amide bonds. The Morgan fingerprint density at radius 2 is 1.06 bits per heavy atom. The predicted octanol–water partition coefficient (Wildman–Crippen LogP) is -3.47. The van der Waals surface area contributed by atoms with Crippen LogP contribution in [0.4, 0.5) is 13.2 Å². The monoisotopic (exact) mass is 1760 g/mol. The molecule has 42 nitrogen and oxygen atoms in total. The van der Waals surface area contributed by atoms with Crippen LogP contribution in [-0.4, -0.2) is 264 Å². The Morgan fingerprint density at radius 1 is 0.568 bits per heavy atom. The number of para-hydroxylation sites is 1. The molecule has 684 valence electrons. The lowest BCUT2D eigenvalue weighted by atomic mass is 10.0. The van der Waals surface area contributed by atoms with Gasteiger partial charge in [-0.3, -0.25) is 77.3 Å². The quantitative estimate of drug-likeness (QED) is 0.0102. The molecule has 0 bridgehead atoms. The summed E-state index contributed by atoms with van der Waals surface area (Å²) in [4.78, 5) is 229. The number of carbonyl (C=O) groups is 16. The number of carboxylic acids is 2. The first kappa shape index (κ1) is 102.